The van der Waals surface area contributed by atoms with Crippen LogP contribution in [0.1, 0.15) is 36.0 Å². The Morgan fingerprint density at radius 3 is 2.97 bits per heavy atom. The summed E-state index contributed by atoms with van der Waals surface area (Å²) in [6.07, 6.45) is 11.2. The van der Waals surface area contributed by atoms with E-state index in [1.54, 1.807) is 18.5 Å². The molecule has 0 aliphatic heterocycles. The lowest BCUT2D eigenvalue weighted by atomic mass is 9.93. The molecule has 0 saturated carbocycles. The number of carbonyl (C=O) groups excluding carboxylic acids is 2. The van der Waals surface area contributed by atoms with Crippen molar-refractivity contribution in [2.75, 3.05) is 11.4 Å². The summed E-state index contributed by atoms with van der Waals surface area (Å²) in [5.74, 6) is -0.539. The summed E-state index contributed by atoms with van der Waals surface area (Å²) in [6.45, 7) is 0.461. The van der Waals surface area contributed by atoms with Crippen LogP contribution in [0.25, 0.3) is 5.65 Å². The minimum Gasteiger partial charge on any atom is -0.349 e. The van der Waals surface area contributed by atoms with Crippen LogP contribution in [0.5, 0.6) is 0 Å². The van der Waals surface area contributed by atoms with E-state index < -0.39 is 5.82 Å². The van der Waals surface area contributed by atoms with Crippen LogP contribution in [0.4, 0.5) is 10.1 Å². The van der Waals surface area contributed by atoms with E-state index in [2.05, 4.69) is 16.4 Å². The van der Waals surface area contributed by atoms with Crippen molar-refractivity contribution in [2.45, 2.75) is 31.7 Å². The second-order valence-corrected chi connectivity index (χ2v) is 7.97. The lowest BCUT2D eigenvalue weighted by molar-refractivity contribution is -0.107. The predicted molar refractivity (Wildman–Crippen MR) is 118 cm³/mol. The largest absolute Gasteiger partial charge is 0.349 e. The lowest BCUT2D eigenvalue weighted by Crippen LogP contribution is -2.36. The number of carbonyl (C=O) groups is 2. The maximum Gasteiger partial charge on any atom is 0.253 e. The normalized spacial score (nSPS) is 16.1. The number of rotatable bonds is 7. The molecule has 0 fully saturated rings. The monoisotopic (exact) mass is 440 g/mol. The third-order valence-corrected chi connectivity index (χ3v) is 5.81. The summed E-state index contributed by atoms with van der Waals surface area (Å²) in [5.41, 5.74) is 3.12. The van der Waals surface area contributed by atoms with Gasteiger partial charge in [-0.25, -0.2) is 9.37 Å². The molecule has 3 aromatic rings. The number of nitrogens with zero attached hydrogens (tertiary/aromatic N) is 3. The van der Waals surface area contributed by atoms with Crippen LogP contribution in [0.2, 0.25) is 5.02 Å². The molecule has 0 spiro atoms. The molecule has 160 valence electrons. The van der Waals surface area contributed by atoms with Gasteiger partial charge in [-0.15, -0.1) is 0 Å². The topological polar surface area (TPSA) is 66.7 Å². The van der Waals surface area contributed by atoms with Crippen LogP contribution in [0.3, 0.4) is 0 Å². The molecule has 0 bridgehead atoms. The zero-order valence-electron chi connectivity index (χ0n) is 16.8. The fourth-order valence-corrected chi connectivity index (χ4v) is 4.05. The van der Waals surface area contributed by atoms with Gasteiger partial charge >= 0.3 is 0 Å². The van der Waals surface area contributed by atoms with Gasteiger partial charge in [-0.1, -0.05) is 23.3 Å². The molecule has 0 saturated heterocycles. The van der Waals surface area contributed by atoms with E-state index in [1.165, 1.54) is 28.7 Å². The number of pyridine rings is 1. The molecule has 2 aromatic heterocycles. The first kappa shape index (κ1) is 21.1. The van der Waals surface area contributed by atoms with E-state index in [-0.39, 0.29) is 17.0 Å². The molecular formula is C23H22ClFN4O2. The molecule has 0 unspecified atom stereocenters. The first-order valence-corrected chi connectivity index (χ1v) is 10.5. The molecule has 2 heterocycles. The van der Waals surface area contributed by atoms with Crippen LogP contribution in [-0.4, -0.2) is 34.3 Å². The van der Waals surface area contributed by atoms with Crippen molar-refractivity contribution >= 4 is 35.3 Å². The smallest absolute Gasteiger partial charge is 0.253 e. The van der Waals surface area contributed by atoms with Crippen molar-refractivity contribution in [1.29, 1.82) is 0 Å². The van der Waals surface area contributed by atoms with Gasteiger partial charge in [-0.3, -0.25) is 9.59 Å². The van der Waals surface area contributed by atoms with E-state index >= 15 is 0 Å². The van der Waals surface area contributed by atoms with Crippen LogP contribution in [0.15, 0.2) is 60.6 Å². The SMILES string of the molecule is O=CN(CCC1=CC[C@H](NC(=O)c2ccc3nccn3c2)CC1)c1ccc(F)cc1Cl. The maximum absolute atomic E-state index is 13.2. The van der Waals surface area contributed by atoms with Crippen LogP contribution >= 0.6 is 11.6 Å². The number of amides is 2. The molecule has 0 radical (unpaired) electrons. The molecule has 8 heteroatoms. The molecule has 1 N–H and O–H groups in total. The second-order valence-electron chi connectivity index (χ2n) is 7.56. The van der Waals surface area contributed by atoms with Gasteiger partial charge in [-0.05, 0) is 56.0 Å². The summed E-state index contributed by atoms with van der Waals surface area (Å²) in [6, 6.07) is 7.66. The molecule has 1 aromatic carbocycles. The van der Waals surface area contributed by atoms with Gasteiger partial charge in [0.05, 0.1) is 16.3 Å². The highest BCUT2D eigenvalue weighted by molar-refractivity contribution is 6.33. The fourth-order valence-electron chi connectivity index (χ4n) is 3.78. The number of aromatic nitrogens is 2. The molecule has 1 aliphatic carbocycles. The third-order valence-electron chi connectivity index (χ3n) is 5.51. The summed E-state index contributed by atoms with van der Waals surface area (Å²) < 4.78 is 15.1. The van der Waals surface area contributed by atoms with Crippen molar-refractivity contribution in [3.63, 3.8) is 0 Å². The van der Waals surface area contributed by atoms with Crippen molar-refractivity contribution in [3.8, 4) is 0 Å². The zero-order chi connectivity index (χ0) is 21.8. The highest BCUT2D eigenvalue weighted by Gasteiger charge is 2.19. The molecule has 4 rings (SSSR count). The van der Waals surface area contributed by atoms with Gasteiger partial charge in [0.2, 0.25) is 6.41 Å². The van der Waals surface area contributed by atoms with Crippen molar-refractivity contribution in [3.05, 3.63) is 77.0 Å². The zero-order valence-corrected chi connectivity index (χ0v) is 17.6. The highest BCUT2D eigenvalue weighted by atomic mass is 35.5. The van der Waals surface area contributed by atoms with Gasteiger partial charge in [-0.2, -0.15) is 0 Å². The summed E-state index contributed by atoms with van der Waals surface area (Å²) in [7, 11) is 0. The number of halogens is 2. The van der Waals surface area contributed by atoms with Crippen molar-refractivity contribution < 1.29 is 14.0 Å². The summed E-state index contributed by atoms with van der Waals surface area (Å²) in [5, 5.41) is 3.30. The average molecular weight is 441 g/mol. The van der Waals surface area contributed by atoms with Crippen LogP contribution in [-0.2, 0) is 4.79 Å². The number of anilines is 1. The first-order chi connectivity index (χ1) is 15.0. The van der Waals surface area contributed by atoms with Crippen molar-refractivity contribution in [1.82, 2.24) is 14.7 Å². The molecule has 2 amide bonds. The predicted octanol–water partition coefficient (Wildman–Crippen LogP) is 4.39. The standard InChI is InChI=1S/C23H22ClFN4O2/c24-20-13-18(25)4-7-21(20)29(15-30)11-9-16-1-5-19(6-2-16)27-23(31)17-3-8-22-26-10-12-28(22)14-17/h1,3-4,7-8,10,12-15,19H,2,5-6,9,11H2,(H,27,31)/t19-/m0/s1. The number of hydrogen-bond donors (Lipinski definition) is 1. The van der Waals surface area contributed by atoms with E-state index in [0.29, 0.717) is 30.6 Å². The Bertz CT molecular complexity index is 1140. The van der Waals surface area contributed by atoms with E-state index in [0.717, 1.165) is 24.9 Å². The number of nitrogens with one attached hydrogen (secondary N) is 1. The van der Waals surface area contributed by atoms with E-state index in [9.17, 15) is 14.0 Å². The van der Waals surface area contributed by atoms with E-state index in [4.69, 9.17) is 11.6 Å². The van der Waals surface area contributed by atoms with Crippen LogP contribution < -0.4 is 10.2 Å². The maximum atomic E-state index is 13.2. The van der Waals surface area contributed by atoms with Gasteiger partial charge in [0.1, 0.15) is 11.5 Å². The summed E-state index contributed by atoms with van der Waals surface area (Å²) in [4.78, 5) is 29.7. The Morgan fingerprint density at radius 1 is 1.35 bits per heavy atom. The third kappa shape index (κ3) is 4.94. The minimum atomic E-state index is -0.437. The Kier molecular flexibility index (Phi) is 6.32. The average Bonchev–Trinajstić information content (AvgIpc) is 3.24. The first-order valence-electron chi connectivity index (χ1n) is 10.1. The minimum absolute atomic E-state index is 0.0726. The lowest BCUT2D eigenvalue weighted by Gasteiger charge is -2.25. The molecule has 31 heavy (non-hydrogen) atoms. The van der Waals surface area contributed by atoms with Gasteiger partial charge in [0.25, 0.3) is 5.91 Å². The van der Waals surface area contributed by atoms with Gasteiger partial charge in [0, 0.05) is 31.2 Å². The molecule has 6 nitrogen and oxygen atoms in total. The second kappa shape index (κ2) is 9.31. The Hall–Kier alpha value is -3.19. The highest BCUT2D eigenvalue weighted by Crippen LogP contribution is 2.27. The van der Waals surface area contributed by atoms with Gasteiger partial charge < -0.3 is 14.6 Å². The Morgan fingerprint density at radius 2 is 2.23 bits per heavy atom. The Labute approximate surface area is 184 Å². The van der Waals surface area contributed by atoms with Crippen molar-refractivity contribution in [2.24, 2.45) is 0 Å². The number of benzene rings is 1. The molecule has 1 atom stereocenters. The summed E-state index contributed by atoms with van der Waals surface area (Å²) >= 11 is 6.07. The molecule has 1 aliphatic rings. The van der Waals surface area contributed by atoms with Crippen LogP contribution in [0, 0.1) is 5.82 Å². The number of imidazole rings is 1. The van der Waals surface area contributed by atoms with Gasteiger partial charge in [0.15, 0.2) is 0 Å². The molecular weight excluding hydrogens is 419 g/mol. The fraction of sp³-hybridized carbons (Fsp3) is 0.261. The number of hydrogen-bond acceptors (Lipinski definition) is 3. The Balaban J connectivity index is 1.31. The van der Waals surface area contributed by atoms with E-state index in [1.807, 2.05) is 16.7 Å². The number of fused-ring (bicyclic) bond motifs is 1. The quantitative estimate of drug-likeness (QED) is 0.437.